The second-order valence-corrected chi connectivity index (χ2v) is 7.67. The summed E-state index contributed by atoms with van der Waals surface area (Å²) in [6.45, 7) is 8.03. The average molecular weight is 385 g/mol. The molecular formula is C26H28N2O. The fourth-order valence-electron chi connectivity index (χ4n) is 3.90. The maximum absolute atomic E-state index is 6.08. The molecular weight excluding hydrogens is 356 g/mol. The van der Waals surface area contributed by atoms with Gasteiger partial charge in [-0.05, 0) is 62.4 Å². The normalized spacial score (nSPS) is 11.1. The van der Waals surface area contributed by atoms with Crippen molar-refractivity contribution in [1.82, 2.24) is 9.55 Å². The van der Waals surface area contributed by atoms with Crippen molar-refractivity contribution in [2.24, 2.45) is 0 Å². The number of rotatable bonds is 7. The topological polar surface area (TPSA) is 27.1 Å². The Morgan fingerprint density at radius 3 is 2.24 bits per heavy atom. The highest BCUT2D eigenvalue weighted by molar-refractivity contribution is 5.81. The van der Waals surface area contributed by atoms with Crippen molar-refractivity contribution in [2.45, 2.75) is 40.2 Å². The minimum atomic E-state index is 0.734. The van der Waals surface area contributed by atoms with Crippen molar-refractivity contribution in [1.29, 1.82) is 0 Å². The summed E-state index contributed by atoms with van der Waals surface area (Å²) < 4.78 is 8.44. The predicted octanol–water partition coefficient (Wildman–Crippen LogP) is 6.49. The number of hydrogen-bond acceptors (Lipinski definition) is 2. The molecule has 0 aliphatic heterocycles. The van der Waals surface area contributed by atoms with Gasteiger partial charge in [-0.1, -0.05) is 54.6 Å². The summed E-state index contributed by atoms with van der Waals surface area (Å²) in [7, 11) is 0. The van der Waals surface area contributed by atoms with Crippen molar-refractivity contribution in [3.8, 4) is 17.1 Å². The zero-order valence-electron chi connectivity index (χ0n) is 17.5. The van der Waals surface area contributed by atoms with Gasteiger partial charge in [0.15, 0.2) is 0 Å². The third-order valence-electron chi connectivity index (χ3n) is 5.47. The number of hydrogen-bond donors (Lipinski definition) is 0. The van der Waals surface area contributed by atoms with E-state index in [2.05, 4.69) is 92.1 Å². The van der Waals surface area contributed by atoms with Gasteiger partial charge < -0.3 is 9.30 Å². The molecule has 0 saturated heterocycles. The maximum atomic E-state index is 6.08. The minimum absolute atomic E-state index is 0.734. The second kappa shape index (κ2) is 8.52. The lowest BCUT2D eigenvalue weighted by Gasteiger charge is -2.13. The van der Waals surface area contributed by atoms with E-state index in [-0.39, 0.29) is 0 Å². The molecule has 148 valence electrons. The van der Waals surface area contributed by atoms with Gasteiger partial charge in [0.2, 0.25) is 0 Å². The van der Waals surface area contributed by atoms with Gasteiger partial charge in [0.1, 0.15) is 11.6 Å². The number of para-hydroxylation sites is 3. The van der Waals surface area contributed by atoms with E-state index in [9.17, 15) is 0 Å². The van der Waals surface area contributed by atoms with Crippen LogP contribution in [-0.2, 0) is 6.54 Å². The molecule has 3 heteroatoms. The molecule has 1 heterocycles. The van der Waals surface area contributed by atoms with Crippen LogP contribution in [0.1, 0.15) is 29.5 Å². The largest absolute Gasteiger partial charge is 0.493 e. The lowest BCUT2D eigenvalue weighted by Crippen LogP contribution is -2.05. The van der Waals surface area contributed by atoms with Crippen LogP contribution in [0.3, 0.4) is 0 Å². The Hall–Kier alpha value is -3.07. The Morgan fingerprint density at radius 2 is 1.45 bits per heavy atom. The summed E-state index contributed by atoms with van der Waals surface area (Å²) in [4.78, 5) is 4.95. The number of fused-ring (bicyclic) bond motifs is 1. The zero-order valence-corrected chi connectivity index (χ0v) is 17.5. The third-order valence-corrected chi connectivity index (χ3v) is 5.47. The first-order valence-electron chi connectivity index (χ1n) is 10.4. The van der Waals surface area contributed by atoms with E-state index in [1.54, 1.807) is 0 Å². The lowest BCUT2D eigenvalue weighted by molar-refractivity contribution is 0.300. The van der Waals surface area contributed by atoms with E-state index in [1.165, 1.54) is 27.8 Å². The summed E-state index contributed by atoms with van der Waals surface area (Å²) in [5.41, 5.74) is 7.11. The Bertz CT molecular complexity index is 1110. The quantitative estimate of drug-likeness (QED) is 0.341. The molecule has 0 radical (unpaired) electrons. The number of aryl methyl sites for hydroxylation is 4. The minimum Gasteiger partial charge on any atom is -0.493 e. The van der Waals surface area contributed by atoms with Crippen LogP contribution >= 0.6 is 0 Å². The van der Waals surface area contributed by atoms with Crippen LogP contribution in [-0.4, -0.2) is 16.2 Å². The second-order valence-electron chi connectivity index (χ2n) is 7.67. The molecule has 0 aliphatic rings. The van der Waals surface area contributed by atoms with Gasteiger partial charge in [-0.3, -0.25) is 0 Å². The van der Waals surface area contributed by atoms with Gasteiger partial charge in [0.05, 0.1) is 17.6 Å². The smallest absolute Gasteiger partial charge is 0.141 e. The monoisotopic (exact) mass is 384 g/mol. The van der Waals surface area contributed by atoms with Crippen molar-refractivity contribution in [2.75, 3.05) is 6.61 Å². The number of ether oxygens (including phenoxy) is 1. The SMILES string of the molecule is Cc1ccccc1-c1nc2ccccc2n1CCCCOc1c(C)cccc1C. The lowest BCUT2D eigenvalue weighted by atomic mass is 10.1. The number of nitrogens with zero attached hydrogens (tertiary/aromatic N) is 2. The standard InChI is InChI=1S/C26H28N2O/c1-19-11-4-5-14-22(19)26-27-23-15-6-7-16-24(23)28(26)17-8-9-18-29-25-20(2)12-10-13-21(25)3/h4-7,10-16H,8-9,17-18H2,1-3H3. The molecule has 4 aromatic rings. The summed E-state index contributed by atoms with van der Waals surface area (Å²) in [5, 5.41) is 0. The number of aromatic nitrogens is 2. The third kappa shape index (κ3) is 4.04. The maximum Gasteiger partial charge on any atom is 0.141 e. The summed E-state index contributed by atoms with van der Waals surface area (Å²) in [6.07, 6.45) is 2.05. The molecule has 0 aliphatic carbocycles. The molecule has 0 spiro atoms. The highest BCUT2D eigenvalue weighted by atomic mass is 16.5. The molecule has 0 unspecified atom stereocenters. The van der Waals surface area contributed by atoms with E-state index >= 15 is 0 Å². The van der Waals surface area contributed by atoms with Gasteiger partial charge in [0, 0.05) is 12.1 Å². The van der Waals surface area contributed by atoms with E-state index in [1.807, 2.05) is 0 Å². The molecule has 1 aromatic heterocycles. The van der Waals surface area contributed by atoms with Crippen LogP contribution < -0.4 is 4.74 Å². The van der Waals surface area contributed by atoms with Crippen molar-refractivity contribution < 1.29 is 4.74 Å². The van der Waals surface area contributed by atoms with Gasteiger partial charge in [-0.2, -0.15) is 0 Å². The molecule has 0 atom stereocenters. The average Bonchev–Trinajstić information content (AvgIpc) is 3.08. The highest BCUT2D eigenvalue weighted by Crippen LogP contribution is 2.28. The molecule has 3 aromatic carbocycles. The van der Waals surface area contributed by atoms with Crippen LogP contribution in [0.2, 0.25) is 0 Å². The molecule has 4 rings (SSSR count). The molecule has 0 fully saturated rings. The summed E-state index contributed by atoms with van der Waals surface area (Å²) in [6, 6.07) is 23.2. The molecule has 0 saturated carbocycles. The highest BCUT2D eigenvalue weighted by Gasteiger charge is 2.13. The Balaban J connectivity index is 1.49. The molecule has 29 heavy (non-hydrogen) atoms. The van der Waals surface area contributed by atoms with Crippen LogP contribution in [0.5, 0.6) is 5.75 Å². The predicted molar refractivity (Wildman–Crippen MR) is 121 cm³/mol. The molecule has 3 nitrogen and oxygen atoms in total. The Kier molecular flexibility index (Phi) is 5.66. The number of benzene rings is 3. The van der Waals surface area contributed by atoms with Gasteiger partial charge >= 0.3 is 0 Å². The van der Waals surface area contributed by atoms with Crippen molar-refractivity contribution >= 4 is 11.0 Å². The van der Waals surface area contributed by atoms with Crippen molar-refractivity contribution in [3.63, 3.8) is 0 Å². The van der Waals surface area contributed by atoms with Gasteiger partial charge in [-0.15, -0.1) is 0 Å². The first kappa shape index (κ1) is 19.3. The molecule has 0 amide bonds. The first-order chi connectivity index (χ1) is 14.1. The van der Waals surface area contributed by atoms with Crippen LogP contribution in [0, 0.1) is 20.8 Å². The van der Waals surface area contributed by atoms with Gasteiger partial charge in [-0.25, -0.2) is 4.98 Å². The van der Waals surface area contributed by atoms with Crippen LogP contribution in [0.15, 0.2) is 66.7 Å². The zero-order chi connectivity index (χ0) is 20.2. The summed E-state index contributed by atoms with van der Waals surface area (Å²) in [5.74, 6) is 2.08. The van der Waals surface area contributed by atoms with Crippen LogP contribution in [0.25, 0.3) is 22.4 Å². The van der Waals surface area contributed by atoms with E-state index < -0.39 is 0 Å². The van der Waals surface area contributed by atoms with Crippen LogP contribution in [0.4, 0.5) is 0 Å². The van der Waals surface area contributed by atoms with E-state index in [0.29, 0.717) is 0 Å². The Morgan fingerprint density at radius 1 is 0.759 bits per heavy atom. The van der Waals surface area contributed by atoms with E-state index in [4.69, 9.17) is 9.72 Å². The molecule has 0 N–H and O–H groups in total. The fourth-order valence-corrected chi connectivity index (χ4v) is 3.90. The van der Waals surface area contributed by atoms with Gasteiger partial charge in [0.25, 0.3) is 0 Å². The Labute approximate surface area is 173 Å². The number of unbranched alkanes of at least 4 members (excludes halogenated alkanes) is 1. The number of imidazole rings is 1. The first-order valence-corrected chi connectivity index (χ1v) is 10.4. The fraction of sp³-hybridized carbons (Fsp3) is 0.269. The summed E-state index contributed by atoms with van der Waals surface area (Å²) >= 11 is 0. The van der Waals surface area contributed by atoms with Crippen molar-refractivity contribution in [3.05, 3.63) is 83.4 Å². The molecule has 0 bridgehead atoms. The van der Waals surface area contributed by atoms with E-state index in [0.717, 1.165) is 43.1 Å².